The predicted molar refractivity (Wildman–Crippen MR) is 64.2 cm³/mol. The smallest absolute Gasteiger partial charge is 0.415 e. The molecule has 5 nitrogen and oxygen atoms in total. The maximum absolute atomic E-state index is 11.9. The van der Waals surface area contributed by atoms with Crippen LogP contribution >= 0.6 is 0 Å². The van der Waals surface area contributed by atoms with Crippen LogP contribution in [-0.4, -0.2) is 18.6 Å². The first-order valence-electron chi connectivity index (χ1n) is 5.90. The van der Waals surface area contributed by atoms with Crippen molar-refractivity contribution >= 4 is 12.0 Å². The van der Waals surface area contributed by atoms with Gasteiger partial charge >= 0.3 is 6.09 Å². The number of hydrogen-bond donors (Lipinski definition) is 1. The summed E-state index contributed by atoms with van der Waals surface area (Å²) in [5.74, 6) is 0.302. The quantitative estimate of drug-likeness (QED) is 0.885. The summed E-state index contributed by atoms with van der Waals surface area (Å²) in [7, 11) is 0. The van der Waals surface area contributed by atoms with Gasteiger partial charge in [0.2, 0.25) is 5.60 Å². The number of carbonyl (C=O) groups is 2. The Morgan fingerprint density at radius 2 is 1.89 bits per heavy atom. The van der Waals surface area contributed by atoms with Gasteiger partial charge in [0.15, 0.2) is 0 Å². The number of imide groups is 1. The summed E-state index contributed by atoms with van der Waals surface area (Å²) in [6.45, 7) is 4.27. The van der Waals surface area contributed by atoms with Crippen molar-refractivity contribution < 1.29 is 19.1 Å². The Hall–Kier alpha value is -2.04. The van der Waals surface area contributed by atoms with E-state index in [0.717, 1.165) is 5.75 Å². The van der Waals surface area contributed by atoms with Crippen LogP contribution in [0.4, 0.5) is 4.79 Å². The van der Waals surface area contributed by atoms with Crippen LogP contribution in [0.25, 0.3) is 0 Å². The van der Waals surface area contributed by atoms with E-state index in [2.05, 4.69) is 5.32 Å². The maximum Gasteiger partial charge on any atom is 0.415 e. The first kappa shape index (κ1) is 12.4. The van der Waals surface area contributed by atoms with Crippen LogP contribution in [0.15, 0.2) is 24.3 Å². The third-order valence-electron chi connectivity index (χ3n) is 2.98. The number of rotatable bonds is 4. The summed E-state index contributed by atoms with van der Waals surface area (Å²) in [5, 5.41) is 2.17. The van der Waals surface area contributed by atoms with E-state index in [1.54, 1.807) is 31.2 Å². The lowest BCUT2D eigenvalue weighted by atomic mass is 9.90. The molecule has 96 valence electrons. The highest BCUT2D eigenvalue weighted by Gasteiger charge is 2.48. The Balaban J connectivity index is 2.33. The first-order chi connectivity index (χ1) is 8.62. The Bertz CT molecular complexity index is 468. The summed E-state index contributed by atoms with van der Waals surface area (Å²) in [5.41, 5.74) is -0.557. The van der Waals surface area contributed by atoms with Crippen molar-refractivity contribution in [3.8, 4) is 5.75 Å². The zero-order chi connectivity index (χ0) is 13.2. The Morgan fingerprint density at radius 3 is 2.33 bits per heavy atom. The molecule has 18 heavy (non-hydrogen) atoms. The van der Waals surface area contributed by atoms with E-state index >= 15 is 0 Å². The van der Waals surface area contributed by atoms with Crippen molar-refractivity contribution in [2.75, 3.05) is 6.61 Å². The predicted octanol–water partition coefficient (Wildman–Crippen LogP) is 1.96. The number of ether oxygens (including phenoxy) is 2. The molecule has 0 bridgehead atoms. The molecular weight excluding hydrogens is 234 g/mol. The average molecular weight is 249 g/mol. The normalized spacial score (nSPS) is 22.6. The van der Waals surface area contributed by atoms with Crippen LogP contribution < -0.4 is 10.1 Å². The molecule has 0 spiro atoms. The third kappa shape index (κ3) is 1.92. The topological polar surface area (TPSA) is 64.6 Å². The summed E-state index contributed by atoms with van der Waals surface area (Å²) in [6, 6.07) is 7.00. The molecule has 0 radical (unpaired) electrons. The molecule has 1 saturated heterocycles. The zero-order valence-corrected chi connectivity index (χ0v) is 10.4. The van der Waals surface area contributed by atoms with E-state index in [4.69, 9.17) is 9.47 Å². The fraction of sp³-hybridized carbons (Fsp3) is 0.385. The van der Waals surface area contributed by atoms with Gasteiger partial charge in [-0.3, -0.25) is 10.1 Å². The Morgan fingerprint density at radius 1 is 1.22 bits per heavy atom. The molecule has 5 heteroatoms. The van der Waals surface area contributed by atoms with Gasteiger partial charge in [-0.05, 0) is 25.5 Å². The van der Waals surface area contributed by atoms with Gasteiger partial charge in [0.1, 0.15) is 5.75 Å². The largest absolute Gasteiger partial charge is 0.494 e. The van der Waals surface area contributed by atoms with Crippen molar-refractivity contribution in [3.05, 3.63) is 29.8 Å². The minimum Gasteiger partial charge on any atom is -0.494 e. The SMILES string of the molecule is CCOc1ccc(C2(CC)OC(=O)NC2=O)cc1. The molecule has 1 aromatic carbocycles. The number of carbonyl (C=O) groups excluding carboxylic acids is 2. The molecule has 0 saturated carbocycles. The number of nitrogens with one attached hydrogen (secondary N) is 1. The highest BCUT2D eigenvalue weighted by molar-refractivity contribution is 6.03. The standard InChI is InChI=1S/C13H15NO4/c1-3-13(11(15)14-12(16)18-13)9-5-7-10(8-6-9)17-4-2/h5-8H,3-4H2,1-2H3,(H,14,15,16). The van der Waals surface area contributed by atoms with E-state index in [-0.39, 0.29) is 0 Å². The number of cyclic esters (lactones) is 1. The zero-order valence-electron chi connectivity index (χ0n) is 10.4. The lowest BCUT2D eigenvalue weighted by Crippen LogP contribution is -2.35. The van der Waals surface area contributed by atoms with Crippen molar-refractivity contribution in [1.82, 2.24) is 5.32 Å². The summed E-state index contributed by atoms with van der Waals surface area (Å²) >= 11 is 0. The van der Waals surface area contributed by atoms with Gasteiger partial charge in [-0.2, -0.15) is 0 Å². The minimum absolute atomic E-state index is 0.387. The molecule has 1 N–H and O–H groups in total. The molecule has 0 aromatic heterocycles. The molecule has 2 amide bonds. The van der Waals surface area contributed by atoms with Crippen LogP contribution in [0, 0.1) is 0 Å². The molecule has 2 rings (SSSR count). The van der Waals surface area contributed by atoms with E-state index in [1.165, 1.54) is 0 Å². The molecule has 1 atom stereocenters. The van der Waals surface area contributed by atoms with E-state index in [9.17, 15) is 9.59 Å². The first-order valence-corrected chi connectivity index (χ1v) is 5.90. The fourth-order valence-electron chi connectivity index (χ4n) is 2.04. The second-order valence-electron chi connectivity index (χ2n) is 3.98. The molecule has 1 unspecified atom stereocenters. The van der Waals surface area contributed by atoms with Crippen LogP contribution in [0.1, 0.15) is 25.8 Å². The molecule has 1 aliphatic heterocycles. The minimum atomic E-state index is -1.21. The number of alkyl carbamates (subject to hydrolysis) is 1. The average Bonchev–Trinajstić information content (AvgIpc) is 2.66. The molecule has 1 heterocycles. The molecule has 1 aromatic rings. The van der Waals surface area contributed by atoms with Gasteiger partial charge in [-0.25, -0.2) is 4.79 Å². The number of amides is 2. The fourth-order valence-corrected chi connectivity index (χ4v) is 2.04. The van der Waals surface area contributed by atoms with Crippen LogP contribution in [-0.2, 0) is 15.1 Å². The van der Waals surface area contributed by atoms with Gasteiger partial charge < -0.3 is 9.47 Å². The van der Waals surface area contributed by atoms with Crippen molar-refractivity contribution in [2.45, 2.75) is 25.9 Å². The number of benzene rings is 1. The molecular formula is C13H15NO4. The van der Waals surface area contributed by atoms with E-state index < -0.39 is 17.6 Å². The summed E-state index contributed by atoms with van der Waals surface area (Å²) in [4.78, 5) is 23.1. The van der Waals surface area contributed by atoms with Gasteiger partial charge in [0, 0.05) is 5.56 Å². The molecule has 0 aliphatic carbocycles. The monoisotopic (exact) mass is 249 g/mol. The van der Waals surface area contributed by atoms with Gasteiger partial charge in [-0.1, -0.05) is 19.1 Å². The Labute approximate surface area is 105 Å². The maximum atomic E-state index is 11.9. The van der Waals surface area contributed by atoms with Crippen LogP contribution in [0.3, 0.4) is 0 Å². The van der Waals surface area contributed by atoms with Gasteiger partial charge in [0.25, 0.3) is 5.91 Å². The second kappa shape index (κ2) is 4.68. The van der Waals surface area contributed by atoms with E-state index in [0.29, 0.717) is 18.6 Å². The van der Waals surface area contributed by atoms with Crippen LogP contribution in [0.5, 0.6) is 5.75 Å². The molecule has 1 fully saturated rings. The Kier molecular flexibility index (Phi) is 3.23. The van der Waals surface area contributed by atoms with Crippen molar-refractivity contribution in [2.24, 2.45) is 0 Å². The van der Waals surface area contributed by atoms with Gasteiger partial charge in [0.05, 0.1) is 6.61 Å². The summed E-state index contributed by atoms with van der Waals surface area (Å²) in [6.07, 6.45) is -0.311. The van der Waals surface area contributed by atoms with Crippen molar-refractivity contribution in [1.29, 1.82) is 0 Å². The third-order valence-corrected chi connectivity index (χ3v) is 2.98. The number of hydrogen-bond acceptors (Lipinski definition) is 4. The lowest BCUT2D eigenvalue weighted by Gasteiger charge is -2.23. The van der Waals surface area contributed by atoms with E-state index in [1.807, 2.05) is 6.92 Å². The van der Waals surface area contributed by atoms with Crippen LogP contribution in [0.2, 0.25) is 0 Å². The van der Waals surface area contributed by atoms with Crippen molar-refractivity contribution in [3.63, 3.8) is 0 Å². The lowest BCUT2D eigenvalue weighted by molar-refractivity contribution is -0.132. The molecule has 1 aliphatic rings. The second-order valence-corrected chi connectivity index (χ2v) is 3.98. The van der Waals surface area contributed by atoms with Gasteiger partial charge in [-0.15, -0.1) is 0 Å². The summed E-state index contributed by atoms with van der Waals surface area (Å²) < 4.78 is 10.5. The highest BCUT2D eigenvalue weighted by atomic mass is 16.6. The highest BCUT2D eigenvalue weighted by Crippen LogP contribution is 2.34.